The summed E-state index contributed by atoms with van der Waals surface area (Å²) < 4.78 is 1.01. The van der Waals surface area contributed by atoms with Crippen molar-refractivity contribution in [3.05, 3.63) is 33.8 Å². The van der Waals surface area contributed by atoms with Gasteiger partial charge in [0.1, 0.15) is 6.09 Å². The van der Waals surface area contributed by atoms with Gasteiger partial charge in [0.2, 0.25) is 0 Å². The first-order valence-electron chi connectivity index (χ1n) is 7.22. The number of aryl methyl sites for hydroxylation is 1. The molecule has 1 N–H and O–H groups in total. The largest absolute Gasteiger partial charge is 0.530 e. The van der Waals surface area contributed by atoms with Gasteiger partial charge < -0.3 is 19.9 Å². The summed E-state index contributed by atoms with van der Waals surface area (Å²) in [5.41, 5.74) is 2.43. The van der Waals surface area contributed by atoms with Gasteiger partial charge in [-0.3, -0.25) is 4.90 Å². The summed E-state index contributed by atoms with van der Waals surface area (Å²) in [6, 6.07) is 6.17. The minimum atomic E-state index is -1.11. The SMILES string of the molecule is O=C([O-])N1CCN(C2c3cc(Br)ccc3CCC2O)CC1. The number of hydrogen-bond donors (Lipinski definition) is 1. The van der Waals surface area contributed by atoms with Crippen LogP contribution in [0.3, 0.4) is 0 Å². The monoisotopic (exact) mass is 353 g/mol. The Morgan fingerprint density at radius 3 is 2.67 bits per heavy atom. The third-order valence-electron chi connectivity index (χ3n) is 4.47. The number of amides is 1. The number of nitrogens with zero attached hydrogens (tertiary/aromatic N) is 2. The molecule has 1 heterocycles. The van der Waals surface area contributed by atoms with Crippen LogP contribution in [0.5, 0.6) is 0 Å². The maximum atomic E-state index is 10.9. The maximum absolute atomic E-state index is 10.9. The summed E-state index contributed by atoms with van der Waals surface area (Å²) in [5, 5.41) is 21.3. The zero-order valence-electron chi connectivity index (χ0n) is 11.7. The van der Waals surface area contributed by atoms with Crippen molar-refractivity contribution in [2.45, 2.75) is 25.0 Å². The first-order chi connectivity index (χ1) is 10.1. The van der Waals surface area contributed by atoms with Gasteiger partial charge in [0.05, 0.1) is 12.1 Å². The number of benzene rings is 1. The molecule has 5 nitrogen and oxygen atoms in total. The molecule has 0 radical (unpaired) electrons. The van der Waals surface area contributed by atoms with Gasteiger partial charge in [-0.05, 0) is 36.1 Å². The van der Waals surface area contributed by atoms with Crippen LogP contribution < -0.4 is 5.11 Å². The van der Waals surface area contributed by atoms with Crippen molar-refractivity contribution in [3.8, 4) is 0 Å². The number of hydrogen-bond acceptors (Lipinski definition) is 4. The minimum Gasteiger partial charge on any atom is -0.530 e. The Balaban J connectivity index is 1.82. The number of fused-ring (bicyclic) bond motifs is 1. The van der Waals surface area contributed by atoms with Crippen LogP contribution in [0.15, 0.2) is 22.7 Å². The van der Waals surface area contributed by atoms with Gasteiger partial charge in [-0.1, -0.05) is 22.0 Å². The number of carbonyl (C=O) groups excluding carboxylic acids is 1. The fraction of sp³-hybridized carbons (Fsp3) is 0.533. The van der Waals surface area contributed by atoms with E-state index in [1.165, 1.54) is 10.5 Å². The van der Waals surface area contributed by atoms with Crippen LogP contribution in [0.1, 0.15) is 23.6 Å². The maximum Gasteiger partial charge on any atom is 0.137 e. The summed E-state index contributed by atoms with van der Waals surface area (Å²) >= 11 is 3.50. The summed E-state index contributed by atoms with van der Waals surface area (Å²) in [5.74, 6) is 0. The lowest BCUT2D eigenvalue weighted by Crippen LogP contribution is -2.55. The third kappa shape index (κ3) is 2.93. The van der Waals surface area contributed by atoms with Crippen LogP contribution >= 0.6 is 15.9 Å². The Kier molecular flexibility index (Phi) is 4.19. The summed E-state index contributed by atoms with van der Waals surface area (Å²) in [7, 11) is 0. The molecule has 1 aliphatic carbocycles. The molecular weight excluding hydrogens is 336 g/mol. The van der Waals surface area contributed by atoms with Crippen molar-refractivity contribution in [1.82, 2.24) is 9.80 Å². The number of rotatable bonds is 1. The van der Waals surface area contributed by atoms with Crippen molar-refractivity contribution in [1.29, 1.82) is 0 Å². The zero-order chi connectivity index (χ0) is 15.0. The fourth-order valence-corrected chi connectivity index (χ4v) is 3.74. The highest BCUT2D eigenvalue weighted by atomic mass is 79.9. The molecule has 2 aliphatic rings. The third-order valence-corrected chi connectivity index (χ3v) is 4.96. The van der Waals surface area contributed by atoms with Crippen molar-refractivity contribution in [2.24, 2.45) is 0 Å². The number of carbonyl (C=O) groups is 1. The Hall–Kier alpha value is -1.11. The van der Waals surface area contributed by atoms with E-state index in [1.54, 1.807) is 0 Å². The summed E-state index contributed by atoms with van der Waals surface area (Å²) in [4.78, 5) is 14.4. The average molecular weight is 354 g/mol. The second kappa shape index (κ2) is 5.94. The molecule has 0 spiro atoms. The van der Waals surface area contributed by atoms with E-state index in [0.29, 0.717) is 26.2 Å². The molecular formula is C15H18BrN2O3-. The number of halogens is 1. The molecule has 0 aromatic heterocycles. The Labute approximate surface area is 132 Å². The zero-order valence-corrected chi connectivity index (χ0v) is 13.3. The molecule has 1 saturated heterocycles. The van der Waals surface area contributed by atoms with Gasteiger partial charge in [0, 0.05) is 30.7 Å². The van der Waals surface area contributed by atoms with Crippen molar-refractivity contribution in [2.75, 3.05) is 26.2 Å². The van der Waals surface area contributed by atoms with E-state index in [0.717, 1.165) is 22.9 Å². The second-order valence-electron chi connectivity index (χ2n) is 5.68. The number of piperazine rings is 1. The van der Waals surface area contributed by atoms with E-state index < -0.39 is 12.2 Å². The van der Waals surface area contributed by atoms with Crippen LogP contribution in [0.2, 0.25) is 0 Å². The molecule has 0 bridgehead atoms. The molecule has 1 amide bonds. The standard InChI is InChI=1S/C15H19BrN2O3/c16-11-3-1-10-2-4-13(19)14(12(10)9-11)17-5-7-18(8-6-17)15(20)21/h1,3,9,13-14,19H,2,4-8H2,(H,20,21)/p-1. The van der Waals surface area contributed by atoms with Gasteiger partial charge in [0.15, 0.2) is 0 Å². The van der Waals surface area contributed by atoms with Crippen LogP contribution in [0, 0.1) is 0 Å². The molecule has 6 heteroatoms. The predicted molar refractivity (Wildman–Crippen MR) is 79.8 cm³/mol. The van der Waals surface area contributed by atoms with Crippen LogP contribution in [0.25, 0.3) is 0 Å². The highest BCUT2D eigenvalue weighted by molar-refractivity contribution is 9.10. The molecule has 114 valence electrons. The lowest BCUT2D eigenvalue weighted by atomic mass is 9.84. The number of aliphatic hydroxyl groups excluding tert-OH is 1. The van der Waals surface area contributed by atoms with Crippen molar-refractivity contribution >= 4 is 22.0 Å². The predicted octanol–water partition coefficient (Wildman–Crippen LogP) is 0.758. The lowest BCUT2D eigenvalue weighted by molar-refractivity contribution is -0.267. The lowest BCUT2D eigenvalue weighted by Gasteiger charge is -2.44. The van der Waals surface area contributed by atoms with E-state index in [2.05, 4.69) is 33.0 Å². The van der Waals surface area contributed by atoms with Crippen LogP contribution in [-0.4, -0.2) is 53.3 Å². The Morgan fingerprint density at radius 1 is 1.29 bits per heavy atom. The van der Waals surface area contributed by atoms with Crippen LogP contribution in [-0.2, 0) is 6.42 Å². The molecule has 3 rings (SSSR count). The quantitative estimate of drug-likeness (QED) is 0.809. The molecule has 2 unspecified atom stereocenters. The number of carboxylic acid groups (broad SMARTS) is 1. The second-order valence-corrected chi connectivity index (χ2v) is 6.60. The first kappa shape index (κ1) is 14.8. The molecule has 2 atom stereocenters. The molecule has 21 heavy (non-hydrogen) atoms. The Morgan fingerprint density at radius 2 is 2.00 bits per heavy atom. The Bertz CT molecular complexity index is 544. The summed E-state index contributed by atoms with van der Waals surface area (Å²) in [6.45, 7) is 2.13. The van der Waals surface area contributed by atoms with Crippen molar-refractivity contribution < 1.29 is 15.0 Å². The van der Waals surface area contributed by atoms with E-state index in [1.807, 2.05) is 6.07 Å². The van der Waals surface area contributed by atoms with Gasteiger partial charge in [0.25, 0.3) is 0 Å². The van der Waals surface area contributed by atoms with E-state index >= 15 is 0 Å². The molecule has 1 fully saturated rings. The first-order valence-corrected chi connectivity index (χ1v) is 8.02. The normalized spacial score (nSPS) is 26.5. The van der Waals surface area contributed by atoms with E-state index in [-0.39, 0.29) is 6.04 Å². The van der Waals surface area contributed by atoms with Gasteiger partial charge in [-0.2, -0.15) is 0 Å². The van der Waals surface area contributed by atoms with Gasteiger partial charge >= 0.3 is 0 Å². The topological polar surface area (TPSA) is 66.8 Å². The molecule has 1 aromatic rings. The highest BCUT2D eigenvalue weighted by Crippen LogP contribution is 2.36. The van der Waals surface area contributed by atoms with Crippen molar-refractivity contribution in [3.63, 3.8) is 0 Å². The number of aliphatic hydroxyl groups is 1. The fourth-order valence-electron chi connectivity index (χ4n) is 3.36. The molecule has 0 saturated carbocycles. The summed E-state index contributed by atoms with van der Waals surface area (Å²) in [6.07, 6.45) is 0.127. The molecule has 1 aromatic carbocycles. The minimum absolute atomic E-state index is 0.0462. The van der Waals surface area contributed by atoms with E-state index in [9.17, 15) is 15.0 Å². The van der Waals surface area contributed by atoms with Crippen LogP contribution in [0.4, 0.5) is 4.79 Å². The van der Waals surface area contributed by atoms with E-state index in [4.69, 9.17) is 0 Å². The molecule has 1 aliphatic heterocycles. The van der Waals surface area contributed by atoms with Gasteiger partial charge in [-0.15, -0.1) is 0 Å². The van der Waals surface area contributed by atoms with Gasteiger partial charge in [-0.25, -0.2) is 0 Å². The highest BCUT2D eigenvalue weighted by Gasteiger charge is 2.34. The average Bonchev–Trinajstić information content (AvgIpc) is 2.47. The smallest absolute Gasteiger partial charge is 0.137 e.